The second kappa shape index (κ2) is 4.73. The topological polar surface area (TPSA) is 55.5 Å². The van der Waals surface area contributed by atoms with Gasteiger partial charge in [0.15, 0.2) is 5.65 Å². The summed E-state index contributed by atoms with van der Waals surface area (Å²) in [5.74, 6) is 2.99. The number of fused-ring (bicyclic) bond motifs is 1. The average Bonchev–Trinajstić information content (AvgIpc) is 2.90. The fourth-order valence-electron chi connectivity index (χ4n) is 2.66. The summed E-state index contributed by atoms with van der Waals surface area (Å²) in [6.07, 6.45) is 2.01. The van der Waals surface area contributed by atoms with Gasteiger partial charge in [-0.25, -0.2) is 0 Å². The number of methoxy groups -OCH3 is 1. The van der Waals surface area contributed by atoms with Gasteiger partial charge in [0.25, 0.3) is 0 Å². The lowest BCUT2D eigenvalue weighted by molar-refractivity contribution is 0.396. The largest absolute Gasteiger partial charge is 0.481 e. The van der Waals surface area contributed by atoms with Gasteiger partial charge in [-0.15, -0.1) is 10.2 Å². The highest BCUT2D eigenvalue weighted by molar-refractivity contribution is 5.46. The molecule has 1 fully saturated rings. The van der Waals surface area contributed by atoms with Crippen LogP contribution in [0.4, 0.5) is 5.82 Å². The highest BCUT2D eigenvalue weighted by Gasteiger charge is 2.32. The molecule has 1 aliphatic rings. The van der Waals surface area contributed by atoms with Crippen molar-refractivity contribution in [3.63, 3.8) is 0 Å². The van der Waals surface area contributed by atoms with E-state index in [1.54, 1.807) is 7.11 Å². The van der Waals surface area contributed by atoms with Crippen LogP contribution in [-0.2, 0) is 0 Å². The number of aromatic nitrogens is 4. The zero-order valence-corrected chi connectivity index (χ0v) is 11.7. The zero-order valence-electron chi connectivity index (χ0n) is 11.7. The SMILES string of the molecule is COc1cccc(N2CC(c3nnc4ccccn34)C2)n1. The third kappa shape index (κ3) is 1.99. The highest BCUT2D eigenvalue weighted by Crippen LogP contribution is 2.30. The van der Waals surface area contributed by atoms with Gasteiger partial charge in [-0.05, 0) is 18.2 Å². The first kappa shape index (κ1) is 12.1. The summed E-state index contributed by atoms with van der Waals surface area (Å²) in [7, 11) is 1.63. The number of ether oxygens (including phenoxy) is 1. The molecule has 0 radical (unpaired) electrons. The molecule has 6 nitrogen and oxygen atoms in total. The first-order valence-electron chi connectivity index (χ1n) is 6.91. The Morgan fingerprint density at radius 2 is 2.00 bits per heavy atom. The minimum atomic E-state index is 0.385. The predicted molar refractivity (Wildman–Crippen MR) is 78.7 cm³/mol. The maximum Gasteiger partial charge on any atom is 0.214 e. The maximum absolute atomic E-state index is 5.17. The molecular formula is C15H15N5O. The molecule has 21 heavy (non-hydrogen) atoms. The summed E-state index contributed by atoms with van der Waals surface area (Å²) < 4.78 is 7.22. The number of pyridine rings is 2. The van der Waals surface area contributed by atoms with Crippen molar-refractivity contribution in [2.75, 3.05) is 25.1 Å². The van der Waals surface area contributed by atoms with E-state index in [9.17, 15) is 0 Å². The van der Waals surface area contributed by atoms with E-state index in [-0.39, 0.29) is 0 Å². The lowest BCUT2D eigenvalue weighted by Crippen LogP contribution is -2.46. The molecule has 3 aromatic heterocycles. The van der Waals surface area contributed by atoms with Gasteiger partial charge in [0.2, 0.25) is 5.88 Å². The summed E-state index contributed by atoms with van der Waals surface area (Å²) in [5.41, 5.74) is 0.894. The van der Waals surface area contributed by atoms with Crippen LogP contribution in [0.25, 0.3) is 5.65 Å². The summed E-state index contributed by atoms with van der Waals surface area (Å²) in [5, 5.41) is 8.53. The Labute approximate surface area is 122 Å². The van der Waals surface area contributed by atoms with Gasteiger partial charge in [-0.1, -0.05) is 12.1 Å². The van der Waals surface area contributed by atoms with E-state index in [0.717, 1.165) is 30.4 Å². The molecule has 0 unspecified atom stereocenters. The van der Waals surface area contributed by atoms with Crippen molar-refractivity contribution in [3.8, 4) is 5.88 Å². The Kier molecular flexibility index (Phi) is 2.73. The van der Waals surface area contributed by atoms with Crippen LogP contribution in [0.2, 0.25) is 0 Å². The molecule has 0 atom stereocenters. The third-order valence-electron chi connectivity index (χ3n) is 3.83. The van der Waals surface area contributed by atoms with Crippen LogP contribution in [0.15, 0.2) is 42.6 Å². The summed E-state index contributed by atoms with van der Waals surface area (Å²) in [6.45, 7) is 1.80. The first-order chi connectivity index (χ1) is 10.3. The fraction of sp³-hybridized carbons (Fsp3) is 0.267. The third-order valence-corrected chi connectivity index (χ3v) is 3.83. The van der Waals surface area contributed by atoms with Crippen LogP contribution < -0.4 is 9.64 Å². The van der Waals surface area contributed by atoms with Gasteiger partial charge in [0.1, 0.15) is 11.6 Å². The second-order valence-electron chi connectivity index (χ2n) is 5.13. The highest BCUT2D eigenvalue weighted by atomic mass is 16.5. The van der Waals surface area contributed by atoms with Crippen LogP contribution in [0.1, 0.15) is 11.7 Å². The number of hydrogen-bond acceptors (Lipinski definition) is 5. The van der Waals surface area contributed by atoms with Gasteiger partial charge in [-0.3, -0.25) is 4.40 Å². The quantitative estimate of drug-likeness (QED) is 0.732. The summed E-state index contributed by atoms with van der Waals surface area (Å²) in [4.78, 5) is 6.67. The molecule has 0 aliphatic carbocycles. The van der Waals surface area contributed by atoms with Gasteiger partial charge in [-0.2, -0.15) is 4.98 Å². The van der Waals surface area contributed by atoms with Crippen LogP contribution in [-0.4, -0.2) is 39.8 Å². The number of nitrogens with zero attached hydrogens (tertiary/aromatic N) is 5. The first-order valence-corrected chi connectivity index (χ1v) is 6.91. The van der Waals surface area contributed by atoms with Crippen LogP contribution in [0.5, 0.6) is 5.88 Å². The number of anilines is 1. The molecule has 0 spiro atoms. The average molecular weight is 281 g/mol. The van der Waals surface area contributed by atoms with Crippen molar-refractivity contribution in [2.45, 2.75) is 5.92 Å². The van der Waals surface area contributed by atoms with Gasteiger partial charge in [0.05, 0.1) is 13.0 Å². The van der Waals surface area contributed by atoms with Crippen molar-refractivity contribution in [3.05, 3.63) is 48.4 Å². The predicted octanol–water partition coefficient (Wildman–Crippen LogP) is 1.74. The Balaban J connectivity index is 1.54. The van der Waals surface area contributed by atoms with Crippen LogP contribution in [0.3, 0.4) is 0 Å². The fourth-order valence-corrected chi connectivity index (χ4v) is 2.66. The normalized spacial score (nSPS) is 15.2. The number of rotatable bonds is 3. The molecule has 0 amide bonds. The van der Waals surface area contributed by atoms with Crippen LogP contribution >= 0.6 is 0 Å². The minimum Gasteiger partial charge on any atom is -0.481 e. The van der Waals surface area contributed by atoms with E-state index in [1.807, 2.05) is 42.6 Å². The molecule has 4 heterocycles. The monoisotopic (exact) mass is 281 g/mol. The van der Waals surface area contributed by atoms with E-state index in [2.05, 4.69) is 24.5 Å². The molecule has 0 bridgehead atoms. The number of hydrogen-bond donors (Lipinski definition) is 0. The summed E-state index contributed by atoms with van der Waals surface area (Å²) in [6, 6.07) is 11.8. The molecule has 106 valence electrons. The summed E-state index contributed by atoms with van der Waals surface area (Å²) >= 11 is 0. The maximum atomic E-state index is 5.17. The molecule has 6 heteroatoms. The second-order valence-corrected chi connectivity index (χ2v) is 5.13. The molecule has 1 saturated heterocycles. The van der Waals surface area contributed by atoms with Gasteiger partial charge < -0.3 is 9.64 Å². The molecular weight excluding hydrogens is 266 g/mol. The lowest BCUT2D eigenvalue weighted by Gasteiger charge is -2.39. The van der Waals surface area contributed by atoms with Crippen molar-refractivity contribution >= 4 is 11.5 Å². The Morgan fingerprint density at radius 1 is 1.10 bits per heavy atom. The Bertz CT molecular complexity index is 778. The van der Waals surface area contributed by atoms with Crippen LogP contribution in [0, 0.1) is 0 Å². The standard InChI is InChI=1S/C15H15N5O/c1-21-14-7-4-6-12(16-14)19-9-11(10-19)15-18-17-13-5-2-3-8-20(13)15/h2-8,11H,9-10H2,1H3. The van der Waals surface area contributed by atoms with E-state index in [1.165, 1.54) is 0 Å². The molecule has 0 aromatic carbocycles. The Morgan fingerprint density at radius 3 is 2.86 bits per heavy atom. The molecule has 3 aromatic rings. The molecule has 1 aliphatic heterocycles. The van der Waals surface area contributed by atoms with E-state index >= 15 is 0 Å². The van der Waals surface area contributed by atoms with Crippen molar-refractivity contribution in [1.82, 2.24) is 19.6 Å². The molecule has 4 rings (SSSR count). The Hall–Kier alpha value is -2.63. The molecule has 0 saturated carbocycles. The van der Waals surface area contributed by atoms with Crippen molar-refractivity contribution in [2.24, 2.45) is 0 Å². The van der Waals surface area contributed by atoms with Crippen molar-refractivity contribution < 1.29 is 4.74 Å². The van der Waals surface area contributed by atoms with E-state index in [0.29, 0.717) is 11.8 Å². The smallest absolute Gasteiger partial charge is 0.214 e. The molecule has 0 N–H and O–H groups in total. The van der Waals surface area contributed by atoms with Gasteiger partial charge >= 0.3 is 0 Å². The van der Waals surface area contributed by atoms with Gasteiger partial charge in [0, 0.05) is 25.4 Å². The van der Waals surface area contributed by atoms with E-state index < -0.39 is 0 Å². The minimum absolute atomic E-state index is 0.385. The zero-order chi connectivity index (χ0) is 14.2. The lowest BCUT2D eigenvalue weighted by atomic mass is 9.99. The van der Waals surface area contributed by atoms with E-state index in [4.69, 9.17) is 4.74 Å². The van der Waals surface area contributed by atoms with Crippen molar-refractivity contribution in [1.29, 1.82) is 0 Å².